The van der Waals surface area contributed by atoms with E-state index in [0.717, 1.165) is 26.2 Å². The Kier molecular flexibility index (Phi) is 4.14. The maximum Gasteiger partial charge on any atom is 0.265 e. The first-order valence-corrected chi connectivity index (χ1v) is 7.45. The van der Waals surface area contributed by atoms with Crippen molar-refractivity contribution in [2.75, 3.05) is 5.32 Å². The van der Waals surface area contributed by atoms with Gasteiger partial charge in [0, 0.05) is 14.7 Å². The molecule has 1 heterocycles. The van der Waals surface area contributed by atoms with Crippen molar-refractivity contribution in [3.05, 3.63) is 44.1 Å². The van der Waals surface area contributed by atoms with Crippen LogP contribution in [0.15, 0.2) is 32.9 Å². The van der Waals surface area contributed by atoms with Gasteiger partial charge in [0.2, 0.25) is 0 Å². The Morgan fingerprint density at radius 3 is 2.61 bits per heavy atom. The van der Waals surface area contributed by atoms with Crippen LogP contribution in [0, 0.1) is 13.8 Å². The van der Waals surface area contributed by atoms with Crippen molar-refractivity contribution in [1.29, 1.82) is 0 Å². The van der Waals surface area contributed by atoms with E-state index in [1.165, 1.54) is 11.3 Å². The molecule has 0 saturated heterocycles. The highest BCUT2D eigenvalue weighted by Gasteiger charge is 2.12. The van der Waals surface area contributed by atoms with E-state index in [9.17, 15) is 4.79 Å². The van der Waals surface area contributed by atoms with Crippen LogP contribution in [-0.4, -0.2) is 5.91 Å². The summed E-state index contributed by atoms with van der Waals surface area (Å²) in [7, 11) is 0. The second-order valence-corrected chi connectivity index (χ2v) is 6.34. The van der Waals surface area contributed by atoms with Gasteiger partial charge in [-0.3, -0.25) is 4.79 Å². The average Bonchev–Trinajstić information content (AvgIpc) is 2.70. The van der Waals surface area contributed by atoms with Gasteiger partial charge in [-0.15, -0.1) is 24.0 Å². The van der Waals surface area contributed by atoms with Crippen LogP contribution in [0.3, 0.4) is 0 Å². The third-order valence-corrected chi connectivity index (χ3v) is 4.47. The number of carbonyl (C=O) groups is 1. The molecule has 1 aromatic carbocycles. The monoisotopic (exact) mass is 341 g/mol. The first-order valence-electron chi connectivity index (χ1n) is 5.33. The average molecular weight is 342 g/mol. The molecule has 0 aliphatic carbocycles. The minimum absolute atomic E-state index is 0.104. The molecule has 0 fully saturated rings. The van der Waals surface area contributed by atoms with Gasteiger partial charge in [0.25, 0.3) is 5.91 Å². The van der Waals surface area contributed by atoms with Crippen molar-refractivity contribution in [2.45, 2.75) is 18.7 Å². The predicted molar refractivity (Wildman–Crippen MR) is 83.1 cm³/mol. The molecule has 0 aliphatic rings. The number of benzene rings is 1. The van der Waals surface area contributed by atoms with Crippen molar-refractivity contribution in [2.24, 2.45) is 0 Å². The van der Waals surface area contributed by atoms with Gasteiger partial charge in [-0.05, 0) is 53.0 Å². The summed E-state index contributed by atoms with van der Waals surface area (Å²) in [6, 6.07) is 5.79. The number of hydrogen-bond acceptors (Lipinski definition) is 3. The fraction of sp³-hybridized carbons (Fsp3) is 0.154. The van der Waals surface area contributed by atoms with Crippen LogP contribution < -0.4 is 5.32 Å². The summed E-state index contributed by atoms with van der Waals surface area (Å²) in [5.41, 5.74) is 3.02. The SMILES string of the molecule is Cc1cc(C)c(NC(=O)c2cc(S)cs2)c(Br)c1. The topological polar surface area (TPSA) is 29.1 Å². The summed E-state index contributed by atoms with van der Waals surface area (Å²) >= 11 is 9.07. The molecule has 2 rings (SSSR count). The third-order valence-electron chi connectivity index (χ3n) is 2.48. The normalized spacial score (nSPS) is 10.4. The molecule has 2 nitrogen and oxygen atoms in total. The molecule has 18 heavy (non-hydrogen) atoms. The summed E-state index contributed by atoms with van der Waals surface area (Å²) in [5, 5.41) is 4.77. The van der Waals surface area contributed by atoms with E-state index in [4.69, 9.17) is 0 Å². The van der Waals surface area contributed by atoms with Crippen LogP contribution in [0.1, 0.15) is 20.8 Å². The molecular weight excluding hydrogens is 330 g/mol. The van der Waals surface area contributed by atoms with Gasteiger partial charge in [0.1, 0.15) is 0 Å². The molecule has 0 spiro atoms. The van der Waals surface area contributed by atoms with E-state index in [1.807, 2.05) is 31.4 Å². The van der Waals surface area contributed by atoms with Crippen molar-refractivity contribution >= 4 is 51.5 Å². The zero-order valence-electron chi connectivity index (χ0n) is 9.95. The first kappa shape index (κ1) is 13.6. The quantitative estimate of drug-likeness (QED) is 0.763. The molecule has 1 N–H and O–H groups in total. The molecule has 0 bridgehead atoms. The Balaban J connectivity index is 2.27. The number of carbonyl (C=O) groups excluding carboxylic acids is 1. The molecule has 0 saturated carbocycles. The van der Waals surface area contributed by atoms with Crippen LogP contribution in [0.2, 0.25) is 0 Å². The minimum Gasteiger partial charge on any atom is -0.320 e. The number of nitrogens with one attached hydrogen (secondary N) is 1. The molecule has 1 amide bonds. The molecule has 5 heteroatoms. The minimum atomic E-state index is -0.104. The first-order chi connectivity index (χ1) is 8.47. The second-order valence-electron chi connectivity index (χ2n) is 4.06. The van der Waals surface area contributed by atoms with Crippen molar-refractivity contribution in [3.63, 3.8) is 0 Å². The lowest BCUT2D eigenvalue weighted by Gasteiger charge is -2.11. The zero-order chi connectivity index (χ0) is 13.3. The van der Waals surface area contributed by atoms with Crippen molar-refractivity contribution in [3.8, 4) is 0 Å². The van der Waals surface area contributed by atoms with Gasteiger partial charge in [-0.25, -0.2) is 0 Å². The van der Waals surface area contributed by atoms with E-state index in [1.54, 1.807) is 6.07 Å². The molecule has 1 aromatic heterocycles. The smallest absolute Gasteiger partial charge is 0.265 e. The van der Waals surface area contributed by atoms with Crippen LogP contribution in [0.25, 0.3) is 0 Å². The predicted octanol–water partition coefficient (Wildman–Crippen LogP) is 4.67. The Hall–Kier alpha value is -0.780. The standard InChI is InChI=1S/C13H12BrNOS2/c1-7-3-8(2)12(10(14)4-7)15-13(16)11-5-9(17)6-18-11/h3-6,17H,1-2H3,(H,15,16). The van der Waals surface area contributed by atoms with Gasteiger partial charge in [0.15, 0.2) is 0 Å². The van der Waals surface area contributed by atoms with Crippen LogP contribution in [-0.2, 0) is 0 Å². The number of hydrogen-bond donors (Lipinski definition) is 2. The van der Waals surface area contributed by atoms with Gasteiger partial charge in [0.05, 0.1) is 10.6 Å². The van der Waals surface area contributed by atoms with E-state index in [2.05, 4.69) is 33.9 Å². The highest BCUT2D eigenvalue weighted by molar-refractivity contribution is 9.10. The number of anilines is 1. The molecule has 0 aliphatic heterocycles. The maximum absolute atomic E-state index is 12.1. The Labute approximate surface area is 124 Å². The van der Waals surface area contributed by atoms with Crippen molar-refractivity contribution < 1.29 is 4.79 Å². The molecule has 0 radical (unpaired) electrons. The maximum atomic E-state index is 12.1. The Morgan fingerprint density at radius 1 is 1.33 bits per heavy atom. The summed E-state index contributed by atoms with van der Waals surface area (Å²) in [6.45, 7) is 4.00. The van der Waals surface area contributed by atoms with Crippen LogP contribution in [0.5, 0.6) is 0 Å². The summed E-state index contributed by atoms with van der Waals surface area (Å²) in [4.78, 5) is 13.5. The number of aryl methyl sites for hydroxylation is 2. The van der Waals surface area contributed by atoms with Gasteiger partial charge in [-0.1, -0.05) is 6.07 Å². The Morgan fingerprint density at radius 2 is 2.06 bits per heavy atom. The van der Waals surface area contributed by atoms with E-state index < -0.39 is 0 Å². The van der Waals surface area contributed by atoms with Gasteiger partial charge in [-0.2, -0.15) is 0 Å². The highest BCUT2D eigenvalue weighted by atomic mass is 79.9. The van der Waals surface area contributed by atoms with Gasteiger partial charge < -0.3 is 5.32 Å². The largest absolute Gasteiger partial charge is 0.320 e. The zero-order valence-corrected chi connectivity index (χ0v) is 13.2. The van der Waals surface area contributed by atoms with E-state index in [0.29, 0.717) is 4.88 Å². The van der Waals surface area contributed by atoms with E-state index in [-0.39, 0.29) is 5.91 Å². The second kappa shape index (κ2) is 5.47. The van der Waals surface area contributed by atoms with Crippen LogP contribution in [0.4, 0.5) is 5.69 Å². The third kappa shape index (κ3) is 2.96. The van der Waals surface area contributed by atoms with Crippen LogP contribution >= 0.6 is 39.9 Å². The summed E-state index contributed by atoms with van der Waals surface area (Å²) in [5.74, 6) is -0.104. The number of thiophene rings is 1. The fourth-order valence-electron chi connectivity index (χ4n) is 1.69. The Bertz CT molecular complexity index is 584. The summed E-state index contributed by atoms with van der Waals surface area (Å²) in [6.07, 6.45) is 0. The number of amides is 1. The van der Waals surface area contributed by atoms with Gasteiger partial charge >= 0.3 is 0 Å². The number of thiol groups is 1. The van der Waals surface area contributed by atoms with Crippen molar-refractivity contribution in [1.82, 2.24) is 0 Å². The fourth-order valence-corrected chi connectivity index (χ4v) is 3.51. The lowest BCUT2D eigenvalue weighted by atomic mass is 10.1. The molecular formula is C13H12BrNOS2. The molecule has 0 atom stereocenters. The lowest BCUT2D eigenvalue weighted by molar-refractivity contribution is 0.103. The molecule has 0 unspecified atom stereocenters. The molecule has 94 valence electrons. The summed E-state index contributed by atoms with van der Waals surface area (Å²) < 4.78 is 0.899. The molecule has 2 aromatic rings. The van der Waals surface area contributed by atoms with E-state index >= 15 is 0 Å². The number of rotatable bonds is 2. The number of halogens is 1. The highest BCUT2D eigenvalue weighted by Crippen LogP contribution is 2.29. The lowest BCUT2D eigenvalue weighted by Crippen LogP contribution is -2.11.